The number of hydrogen-bond acceptors (Lipinski definition) is 8. The minimum atomic E-state index is -0.911. The third-order valence-electron chi connectivity index (χ3n) is 7.72. The van der Waals surface area contributed by atoms with Gasteiger partial charge in [-0.2, -0.15) is 4.98 Å². The summed E-state index contributed by atoms with van der Waals surface area (Å²) in [4.78, 5) is 42.1. The van der Waals surface area contributed by atoms with Crippen molar-refractivity contribution in [1.82, 2.24) is 14.9 Å². The van der Waals surface area contributed by atoms with Crippen LogP contribution in [0, 0.1) is 13.8 Å². The van der Waals surface area contributed by atoms with Gasteiger partial charge in [-0.25, -0.2) is 9.78 Å². The highest BCUT2D eigenvalue weighted by molar-refractivity contribution is 6.06. The zero-order valence-electron chi connectivity index (χ0n) is 23.8. The SMILES string of the molecule is Cc1cccc(C)c1N1Cc2cnc(Nc3ccc(N4CCN(C)CC4)c(CO)c3)nc2N(CCCC(=O)O)C1=O. The molecule has 1 fully saturated rings. The summed E-state index contributed by atoms with van der Waals surface area (Å²) < 4.78 is 0. The fraction of sp³-hybridized carbons (Fsp3) is 0.400. The second-order valence-corrected chi connectivity index (χ2v) is 10.7. The highest BCUT2D eigenvalue weighted by atomic mass is 16.4. The van der Waals surface area contributed by atoms with E-state index in [4.69, 9.17) is 4.98 Å². The third-order valence-corrected chi connectivity index (χ3v) is 7.72. The molecule has 0 aliphatic carbocycles. The number of hydrogen-bond donors (Lipinski definition) is 3. The lowest BCUT2D eigenvalue weighted by atomic mass is 10.1. The van der Waals surface area contributed by atoms with Gasteiger partial charge in [-0.15, -0.1) is 0 Å². The zero-order chi connectivity index (χ0) is 29.1. The molecule has 2 aliphatic rings. The smallest absolute Gasteiger partial charge is 0.330 e. The molecular weight excluding hydrogens is 522 g/mol. The van der Waals surface area contributed by atoms with Crippen molar-refractivity contribution >= 4 is 40.8 Å². The lowest BCUT2D eigenvalue weighted by molar-refractivity contribution is -0.137. The van der Waals surface area contributed by atoms with Gasteiger partial charge in [0.25, 0.3) is 0 Å². The molecule has 2 amide bonds. The number of aliphatic carboxylic acids is 1. The molecule has 0 radical (unpaired) electrons. The molecule has 2 aromatic carbocycles. The number of piperazine rings is 1. The van der Waals surface area contributed by atoms with Gasteiger partial charge in [-0.05, 0) is 56.6 Å². The van der Waals surface area contributed by atoms with Crippen molar-refractivity contribution in [3.05, 3.63) is 64.8 Å². The summed E-state index contributed by atoms with van der Waals surface area (Å²) in [6, 6.07) is 11.5. The van der Waals surface area contributed by atoms with Crippen LogP contribution in [0.3, 0.4) is 0 Å². The average molecular weight is 560 g/mol. The van der Waals surface area contributed by atoms with Crippen LogP contribution in [0.2, 0.25) is 0 Å². The third kappa shape index (κ3) is 6.10. The predicted octanol–water partition coefficient (Wildman–Crippen LogP) is 3.89. The van der Waals surface area contributed by atoms with Crippen molar-refractivity contribution in [2.24, 2.45) is 0 Å². The fourth-order valence-electron chi connectivity index (χ4n) is 5.55. The molecule has 1 aromatic heterocycles. The number of aromatic nitrogens is 2. The van der Waals surface area contributed by atoms with E-state index in [1.807, 2.05) is 50.2 Å². The topological polar surface area (TPSA) is 125 Å². The van der Waals surface area contributed by atoms with Crippen LogP contribution in [-0.2, 0) is 17.9 Å². The normalized spacial score (nSPS) is 15.7. The number of nitrogens with one attached hydrogen (secondary N) is 1. The van der Waals surface area contributed by atoms with Crippen molar-refractivity contribution in [3.63, 3.8) is 0 Å². The van der Waals surface area contributed by atoms with E-state index in [1.54, 1.807) is 16.0 Å². The minimum Gasteiger partial charge on any atom is -0.481 e. The van der Waals surface area contributed by atoms with Gasteiger partial charge in [0.2, 0.25) is 5.95 Å². The molecule has 0 unspecified atom stereocenters. The first-order valence-corrected chi connectivity index (χ1v) is 13.9. The number of amides is 2. The zero-order valence-corrected chi connectivity index (χ0v) is 23.8. The molecule has 0 saturated carbocycles. The monoisotopic (exact) mass is 559 g/mol. The number of nitrogens with zero attached hydrogens (tertiary/aromatic N) is 6. The largest absolute Gasteiger partial charge is 0.481 e. The van der Waals surface area contributed by atoms with Crippen LogP contribution in [0.1, 0.15) is 35.1 Å². The van der Waals surface area contributed by atoms with Crippen LogP contribution in [0.15, 0.2) is 42.6 Å². The predicted molar refractivity (Wildman–Crippen MR) is 159 cm³/mol. The molecule has 41 heavy (non-hydrogen) atoms. The quantitative estimate of drug-likeness (QED) is 0.358. The number of carbonyl (C=O) groups is 2. The summed E-state index contributed by atoms with van der Waals surface area (Å²) in [7, 11) is 2.11. The standard InChI is InChI=1S/C30H37N7O4/c1-20-6-4-7-21(2)27(20)37-18-23-17-31-29(33-28(23)36(30(37)41)11-5-8-26(39)40)32-24-9-10-25(22(16-24)19-38)35-14-12-34(3)13-15-35/h4,6-7,9-10,16-17,38H,5,8,11-15,18-19H2,1-3H3,(H,39,40)(H,31,32,33). The Labute approximate surface area is 240 Å². The van der Waals surface area contributed by atoms with E-state index in [0.717, 1.165) is 65.5 Å². The van der Waals surface area contributed by atoms with E-state index < -0.39 is 5.97 Å². The number of benzene rings is 2. The van der Waals surface area contributed by atoms with Gasteiger partial charge in [0.1, 0.15) is 5.82 Å². The van der Waals surface area contributed by atoms with Crippen LogP contribution < -0.4 is 20.0 Å². The Hall–Kier alpha value is -4.22. The maximum absolute atomic E-state index is 13.8. The molecule has 3 aromatic rings. The van der Waals surface area contributed by atoms with Crippen LogP contribution in [0.4, 0.5) is 33.6 Å². The van der Waals surface area contributed by atoms with Gasteiger partial charge in [0.05, 0.1) is 18.8 Å². The molecular formula is C30H37N7O4. The molecule has 0 bridgehead atoms. The Morgan fingerprint density at radius 1 is 1.07 bits per heavy atom. The first-order chi connectivity index (χ1) is 19.7. The van der Waals surface area contributed by atoms with E-state index in [0.29, 0.717) is 24.7 Å². The van der Waals surface area contributed by atoms with Gasteiger partial charge >= 0.3 is 12.0 Å². The summed E-state index contributed by atoms with van der Waals surface area (Å²) in [5.41, 5.74) is 6.12. The van der Waals surface area contributed by atoms with Crippen molar-refractivity contribution in [2.75, 3.05) is 59.8 Å². The van der Waals surface area contributed by atoms with Gasteiger partial charge in [0, 0.05) is 67.8 Å². The molecule has 2 aliphatic heterocycles. The van der Waals surface area contributed by atoms with E-state index in [-0.39, 0.29) is 25.6 Å². The van der Waals surface area contributed by atoms with Crippen molar-refractivity contribution in [2.45, 2.75) is 39.8 Å². The number of fused-ring (bicyclic) bond motifs is 1. The molecule has 5 rings (SSSR count). The van der Waals surface area contributed by atoms with E-state index in [9.17, 15) is 19.8 Å². The van der Waals surface area contributed by atoms with E-state index in [1.165, 1.54) is 0 Å². The second-order valence-electron chi connectivity index (χ2n) is 10.7. The Morgan fingerprint density at radius 3 is 2.49 bits per heavy atom. The molecule has 11 heteroatoms. The van der Waals surface area contributed by atoms with Gasteiger partial charge in [-0.3, -0.25) is 14.6 Å². The molecule has 0 atom stereocenters. The van der Waals surface area contributed by atoms with Gasteiger partial charge in [0.15, 0.2) is 0 Å². The highest BCUT2D eigenvalue weighted by Gasteiger charge is 2.34. The summed E-state index contributed by atoms with van der Waals surface area (Å²) in [6.45, 7) is 8.10. The number of carboxylic acid groups (broad SMARTS) is 1. The lowest BCUT2D eigenvalue weighted by Crippen LogP contribution is -2.49. The van der Waals surface area contributed by atoms with Crippen molar-refractivity contribution in [3.8, 4) is 0 Å². The maximum atomic E-state index is 13.8. The number of carbonyl (C=O) groups excluding carboxylic acids is 1. The minimum absolute atomic E-state index is 0.0533. The van der Waals surface area contributed by atoms with Crippen LogP contribution in [0.5, 0.6) is 0 Å². The number of rotatable bonds is 9. The number of aryl methyl sites for hydroxylation is 2. The van der Waals surface area contributed by atoms with Crippen LogP contribution in [-0.4, -0.2) is 76.9 Å². The highest BCUT2D eigenvalue weighted by Crippen LogP contribution is 2.35. The summed E-state index contributed by atoms with van der Waals surface area (Å²) in [5, 5.41) is 22.5. The maximum Gasteiger partial charge on any atom is 0.330 e. The summed E-state index contributed by atoms with van der Waals surface area (Å²) in [6.07, 6.45) is 1.96. The van der Waals surface area contributed by atoms with Crippen molar-refractivity contribution < 1.29 is 19.8 Å². The number of anilines is 5. The molecule has 3 N–H and O–H groups in total. The Balaban J connectivity index is 1.43. The summed E-state index contributed by atoms with van der Waals surface area (Å²) >= 11 is 0. The number of urea groups is 1. The van der Waals surface area contributed by atoms with Crippen molar-refractivity contribution in [1.29, 1.82) is 0 Å². The Bertz CT molecular complexity index is 1420. The molecule has 0 spiro atoms. The second kappa shape index (κ2) is 12.1. The number of para-hydroxylation sites is 1. The van der Waals surface area contributed by atoms with Gasteiger partial charge < -0.3 is 25.3 Å². The molecule has 1 saturated heterocycles. The van der Waals surface area contributed by atoms with Gasteiger partial charge in [-0.1, -0.05) is 18.2 Å². The molecule has 3 heterocycles. The number of likely N-dealkylation sites (N-methyl/N-ethyl adjacent to an activating group) is 1. The van der Waals surface area contributed by atoms with Crippen LogP contribution in [0.25, 0.3) is 0 Å². The first-order valence-electron chi connectivity index (χ1n) is 13.9. The lowest BCUT2D eigenvalue weighted by Gasteiger charge is -2.37. The number of aliphatic hydroxyl groups is 1. The Morgan fingerprint density at radius 2 is 1.80 bits per heavy atom. The fourth-order valence-corrected chi connectivity index (χ4v) is 5.55. The number of carboxylic acids is 1. The number of aliphatic hydroxyl groups excluding tert-OH is 1. The molecule has 216 valence electrons. The summed E-state index contributed by atoms with van der Waals surface area (Å²) in [5.74, 6) is -0.126. The van der Waals surface area contributed by atoms with Crippen LogP contribution >= 0.6 is 0 Å². The van der Waals surface area contributed by atoms with E-state index in [2.05, 4.69) is 27.1 Å². The molecule has 11 nitrogen and oxygen atoms in total. The van der Waals surface area contributed by atoms with E-state index >= 15 is 0 Å². The average Bonchev–Trinajstić information content (AvgIpc) is 2.95. The first kappa shape index (κ1) is 28.3. The Kier molecular flexibility index (Phi) is 8.36.